The van der Waals surface area contributed by atoms with Gasteiger partial charge in [0.25, 0.3) is 5.56 Å². The second-order valence-corrected chi connectivity index (χ2v) is 3.25. The van der Waals surface area contributed by atoms with Crippen molar-refractivity contribution >= 4 is 29.6 Å². The van der Waals surface area contributed by atoms with Crippen molar-refractivity contribution in [1.29, 1.82) is 0 Å². The van der Waals surface area contributed by atoms with Crippen LogP contribution in [0.4, 0.5) is 0 Å². The first-order valence-corrected chi connectivity index (χ1v) is 4.52. The number of aryl methyl sites for hydroxylation is 1. The van der Waals surface area contributed by atoms with Gasteiger partial charge in [-0.2, -0.15) is 0 Å². The van der Waals surface area contributed by atoms with Crippen LogP contribution < -0.4 is 5.56 Å². The van der Waals surface area contributed by atoms with E-state index >= 15 is 0 Å². The zero-order valence-electron chi connectivity index (χ0n) is 7.97. The van der Waals surface area contributed by atoms with Crippen LogP contribution in [0.2, 0.25) is 0 Å². The summed E-state index contributed by atoms with van der Waals surface area (Å²) in [5.41, 5.74) is 1.98. The van der Waals surface area contributed by atoms with E-state index < -0.39 is 0 Å². The third kappa shape index (κ3) is 2.81. The monoisotopic (exact) mass is 209 g/mol. The van der Waals surface area contributed by atoms with Crippen LogP contribution in [0.5, 0.6) is 0 Å². The van der Waals surface area contributed by atoms with E-state index in [0.29, 0.717) is 0 Å². The van der Waals surface area contributed by atoms with Crippen molar-refractivity contribution in [3.05, 3.63) is 64.6 Å². The van der Waals surface area contributed by atoms with E-state index in [1.807, 2.05) is 49.5 Å². The number of pyridine rings is 1. The van der Waals surface area contributed by atoms with E-state index in [1.165, 1.54) is 0 Å². The normalized spacial score (nSPS) is 9.40. The Balaban J connectivity index is 0.00000112. The first-order valence-electron chi connectivity index (χ1n) is 4.52. The number of rotatable bonds is 1. The maximum atomic E-state index is 11.5. The van der Waals surface area contributed by atoms with E-state index in [-0.39, 0.29) is 35.1 Å². The van der Waals surface area contributed by atoms with Crippen LogP contribution in [0.1, 0.15) is 5.56 Å². The van der Waals surface area contributed by atoms with E-state index in [4.69, 9.17) is 0 Å². The van der Waals surface area contributed by atoms with Crippen LogP contribution in [0.15, 0.2) is 53.5 Å². The molecule has 0 saturated heterocycles. The van der Waals surface area contributed by atoms with Gasteiger partial charge in [0.1, 0.15) is 0 Å². The number of hydrogen-bond acceptors (Lipinski definition) is 1. The summed E-state index contributed by atoms with van der Waals surface area (Å²) >= 11 is 0. The zero-order valence-corrected chi connectivity index (χ0v) is 7.97. The fourth-order valence-electron chi connectivity index (χ4n) is 1.38. The SMILES string of the molecule is Cc1ccc(=O)n(-c2ccccc2)c1.[NaH]. The maximum absolute atomic E-state index is 11.5. The van der Waals surface area contributed by atoms with E-state index in [1.54, 1.807) is 10.6 Å². The Labute approximate surface area is 111 Å². The Morgan fingerprint density at radius 3 is 2.33 bits per heavy atom. The van der Waals surface area contributed by atoms with Crippen LogP contribution in [-0.2, 0) is 0 Å². The molecule has 0 fully saturated rings. The van der Waals surface area contributed by atoms with Gasteiger partial charge in [-0.25, -0.2) is 0 Å². The minimum atomic E-state index is 0. The van der Waals surface area contributed by atoms with Crippen molar-refractivity contribution in [2.24, 2.45) is 0 Å². The molecule has 1 aromatic carbocycles. The van der Waals surface area contributed by atoms with Gasteiger partial charge in [0.05, 0.1) is 0 Å². The average Bonchev–Trinajstić information content (AvgIpc) is 2.23. The summed E-state index contributed by atoms with van der Waals surface area (Å²) in [7, 11) is 0. The Bertz CT molecular complexity index is 490. The molecule has 2 nitrogen and oxygen atoms in total. The topological polar surface area (TPSA) is 22.0 Å². The Morgan fingerprint density at radius 2 is 1.67 bits per heavy atom. The minimum absolute atomic E-state index is 0. The second kappa shape index (κ2) is 5.31. The van der Waals surface area contributed by atoms with Gasteiger partial charge in [-0.05, 0) is 24.6 Å². The summed E-state index contributed by atoms with van der Waals surface area (Å²) in [6, 6.07) is 13.0. The first-order chi connectivity index (χ1) is 6.77. The summed E-state index contributed by atoms with van der Waals surface area (Å²) in [5.74, 6) is 0. The number of nitrogens with zero attached hydrogens (tertiary/aromatic N) is 1. The Morgan fingerprint density at radius 1 is 1.00 bits per heavy atom. The molecule has 0 aliphatic carbocycles. The predicted molar refractivity (Wildman–Crippen MR) is 63.9 cm³/mol. The van der Waals surface area contributed by atoms with Crippen molar-refractivity contribution in [2.45, 2.75) is 6.92 Å². The van der Waals surface area contributed by atoms with Gasteiger partial charge >= 0.3 is 29.6 Å². The quantitative estimate of drug-likeness (QED) is 0.652. The molecule has 2 aromatic rings. The molecule has 1 aromatic heterocycles. The number of aromatic nitrogens is 1. The molecular weight excluding hydrogens is 197 g/mol. The molecule has 0 radical (unpaired) electrons. The molecule has 0 atom stereocenters. The second-order valence-electron chi connectivity index (χ2n) is 3.25. The van der Waals surface area contributed by atoms with Gasteiger partial charge in [-0.3, -0.25) is 9.36 Å². The average molecular weight is 209 g/mol. The van der Waals surface area contributed by atoms with E-state index in [0.717, 1.165) is 11.3 Å². The number of hydrogen-bond donors (Lipinski definition) is 0. The van der Waals surface area contributed by atoms with Crippen molar-refractivity contribution in [3.63, 3.8) is 0 Å². The molecule has 72 valence electrons. The summed E-state index contributed by atoms with van der Waals surface area (Å²) < 4.78 is 1.65. The van der Waals surface area contributed by atoms with Crippen molar-refractivity contribution in [3.8, 4) is 5.69 Å². The third-order valence-electron chi connectivity index (χ3n) is 2.09. The molecular formula is C12H12NNaO. The molecule has 0 aliphatic rings. The van der Waals surface area contributed by atoms with Crippen LogP contribution >= 0.6 is 0 Å². The predicted octanol–water partition coefficient (Wildman–Crippen LogP) is 1.50. The number of benzene rings is 1. The summed E-state index contributed by atoms with van der Waals surface area (Å²) in [4.78, 5) is 11.5. The van der Waals surface area contributed by atoms with E-state index in [9.17, 15) is 4.79 Å². The molecule has 0 unspecified atom stereocenters. The standard InChI is InChI=1S/C12H11NO.Na.H/c1-10-7-8-12(14)13(9-10)11-5-3-2-4-6-11;;/h2-9H,1H3;;. The van der Waals surface area contributed by atoms with Gasteiger partial charge in [0.2, 0.25) is 0 Å². The van der Waals surface area contributed by atoms with Gasteiger partial charge < -0.3 is 0 Å². The molecule has 0 N–H and O–H groups in total. The van der Waals surface area contributed by atoms with Gasteiger partial charge in [0, 0.05) is 18.0 Å². The molecule has 15 heavy (non-hydrogen) atoms. The van der Waals surface area contributed by atoms with Crippen molar-refractivity contribution in [2.75, 3.05) is 0 Å². The van der Waals surface area contributed by atoms with Crippen LogP contribution in [0.25, 0.3) is 5.69 Å². The molecule has 2 rings (SSSR count). The van der Waals surface area contributed by atoms with Gasteiger partial charge in [-0.15, -0.1) is 0 Å². The molecule has 0 aliphatic heterocycles. The van der Waals surface area contributed by atoms with Crippen LogP contribution in [0.3, 0.4) is 0 Å². The summed E-state index contributed by atoms with van der Waals surface area (Å²) in [5, 5.41) is 0. The molecule has 0 saturated carbocycles. The number of para-hydroxylation sites is 1. The summed E-state index contributed by atoms with van der Waals surface area (Å²) in [6.45, 7) is 1.97. The molecule has 0 spiro atoms. The molecule has 0 amide bonds. The van der Waals surface area contributed by atoms with Gasteiger partial charge in [-0.1, -0.05) is 24.3 Å². The van der Waals surface area contributed by atoms with Gasteiger partial charge in [0.15, 0.2) is 0 Å². The molecule has 3 heteroatoms. The van der Waals surface area contributed by atoms with Crippen molar-refractivity contribution < 1.29 is 0 Å². The Kier molecular flexibility index (Phi) is 4.33. The molecule has 0 bridgehead atoms. The first kappa shape index (κ1) is 12.2. The van der Waals surface area contributed by atoms with Crippen molar-refractivity contribution in [1.82, 2.24) is 4.57 Å². The third-order valence-corrected chi connectivity index (χ3v) is 2.09. The Hall–Kier alpha value is -0.830. The van der Waals surface area contributed by atoms with Crippen LogP contribution in [0, 0.1) is 6.92 Å². The summed E-state index contributed by atoms with van der Waals surface area (Å²) in [6.07, 6.45) is 1.84. The fraction of sp³-hybridized carbons (Fsp3) is 0.0833. The zero-order chi connectivity index (χ0) is 9.97. The fourth-order valence-corrected chi connectivity index (χ4v) is 1.38. The molecule has 1 heterocycles. The van der Waals surface area contributed by atoms with E-state index in [2.05, 4.69) is 0 Å². The van der Waals surface area contributed by atoms with Crippen LogP contribution in [-0.4, -0.2) is 34.1 Å².